The van der Waals surface area contributed by atoms with Gasteiger partial charge in [-0.05, 0) is 50.8 Å². The molecule has 1 aromatic carbocycles. The summed E-state index contributed by atoms with van der Waals surface area (Å²) in [5.41, 5.74) is -0.196. The largest absolute Gasteiger partial charge is 0.394 e. The number of hydrogen-bond acceptors (Lipinski definition) is 3. The maximum Gasteiger partial charge on any atom is 0.0610 e. The van der Waals surface area contributed by atoms with Crippen LogP contribution >= 0.6 is 35.0 Å². The molecule has 18 heavy (non-hydrogen) atoms. The molecule has 0 heterocycles. The van der Waals surface area contributed by atoms with Crippen molar-refractivity contribution in [1.29, 1.82) is 0 Å². The van der Waals surface area contributed by atoms with E-state index in [1.807, 2.05) is 26.1 Å². The Balaban J connectivity index is 2.40. The number of rotatable bonds is 7. The smallest absolute Gasteiger partial charge is 0.0610 e. The summed E-state index contributed by atoms with van der Waals surface area (Å²) >= 11 is 13.7. The van der Waals surface area contributed by atoms with Gasteiger partial charge in [-0.1, -0.05) is 23.2 Å². The third-order valence-corrected chi connectivity index (χ3v) is 4.79. The molecule has 1 aromatic rings. The standard InChI is InChI=1S/C13H19Cl2NOS/c1-13(9-17,16-2)6-3-7-18-12-8-10(14)4-5-11(12)15/h4-5,8,16-17H,3,6-7,9H2,1-2H3. The molecule has 0 saturated heterocycles. The molecule has 0 aliphatic heterocycles. The highest BCUT2D eigenvalue weighted by molar-refractivity contribution is 7.99. The molecule has 2 N–H and O–H groups in total. The van der Waals surface area contributed by atoms with Gasteiger partial charge < -0.3 is 10.4 Å². The maximum absolute atomic E-state index is 9.27. The summed E-state index contributed by atoms with van der Waals surface area (Å²) in [5.74, 6) is 0.956. The summed E-state index contributed by atoms with van der Waals surface area (Å²) in [6, 6.07) is 5.49. The minimum absolute atomic E-state index is 0.145. The van der Waals surface area contributed by atoms with Crippen LogP contribution in [0.15, 0.2) is 23.1 Å². The number of aliphatic hydroxyl groups excluding tert-OH is 1. The number of thioether (sulfide) groups is 1. The molecule has 0 aliphatic carbocycles. The van der Waals surface area contributed by atoms with Gasteiger partial charge in [0.05, 0.1) is 11.6 Å². The van der Waals surface area contributed by atoms with Crippen molar-refractivity contribution in [3.05, 3.63) is 28.2 Å². The van der Waals surface area contributed by atoms with Gasteiger partial charge in [-0.3, -0.25) is 0 Å². The van der Waals surface area contributed by atoms with Crippen LogP contribution in [0.1, 0.15) is 19.8 Å². The van der Waals surface area contributed by atoms with E-state index in [1.165, 1.54) is 0 Å². The van der Waals surface area contributed by atoms with Gasteiger partial charge in [0.25, 0.3) is 0 Å². The number of likely N-dealkylation sites (N-methyl/N-ethyl adjacent to an activating group) is 1. The molecule has 0 aliphatic rings. The van der Waals surface area contributed by atoms with Crippen LogP contribution in [0.3, 0.4) is 0 Å². The molecule has 1 rings (SSSR count). The van der Waals surface area contributed by atoms with Crippen molar-refractivity contribution in [3.63, 3.8) is 0 Å². The Kier molecular flexibility index (Phi) is 6.82. The van der Waals surface area contributed by atoms with Gasteiger partial charge in [0.15, 0.2) is 0 Å². The van der Waals surface area contributed by atoms with Crippen molar-refractivity contribution in [3.8, 4) is 0 Å². The van der Waals surface area contributed by atoms with Gasteiger partial charge in [-0.15, -0.1) is 11.8 Å². The SMILES string of the molecule is CNC(C)(CO)CCCSc1cc(Cl)ccc1Cl. The highest BCUT2D eigenvalue weighted by Gasteiger charge is 2.19. The van der Waals surface area contributed by atoms with Gasteiger partial charge in [-0.2, -0.15) is 0 Å². The van der Waals surface area contributed by atoms with Crippen LogP contribution in [0.5, 0.6) is 0 Å². The minimum atomic E-state index is -0.196. The van der Waals surface area contributed by atoms with Crippen LogP contribution < -0.4 is 5.32 Å². The van der Waals surface area contributed by atoms with Crippen LogP contribution in [0.2, 0.25) is 10.0 Å². The van der Waals surface area contributed by atoms with E-state index in [-0.39, 0.29) is 12.1 Å². The monoisotopic (exact) mass is 307 g/mol. The average molecular weight is 308 g/mol. The number of nitrogens with one attached hydrogen (secondary N) is 1. The normalized spacial score (nSPS) is 14.5. The summed E-state index contributed by atoms with van der Waals surface area (Å²) in [6.07, 6.45) is 1.93. The molecular weight excluding hydrogens is 289 g/mol. The van der Waals surface area contributed by atoms with Crippen molar-refractivity contribution in [2.24, 2.45) is 0 Å². The number of aliphatic hydroxyl groups is 1. The van der Waals surface area contributed by atoms with Crippen LogP contribution in [-0.4, -0.2) is 30.1 Å². The number of hydrogen-bond donors (Lipinski definition) is 2. The Labute approximate surface area is 123 Å². The maximum atomic E-state index is 9.27. The van der Waals surface area contributed by atoms with Crippen molar-refractivity contribution in [1.82, 2.24) is 5.32 Å². The molecule has 1 atom stereocenters. The van der Waals surface area contributed by atoms with Crippen LogP contribution in [0.4, 0.5) is 0 Å². The predicted molar refractivity (Wildman–Crippen MR) is 81.0 cm³/mol. The van der Waals surface area contributed by atoms with Gasteiger partial charge in [-0.25, -0.2) is 0 Å². The zero-order valence-corrected chi connectivity index (χ0v) is 13.0. The van der Waals surface area contributed by atoms with E-state index in [9.17, 15) is 5.11 Å². The summed E-state index contributed by atoms with van der Waals surface area (Å²) in [6.45, 7) is 2.16. The fourth-order valence-electron chi connectivity index (χ4n) is 1.52. The van der Waals surface area contributed by atoms with E-state index in [1.54, 1.807) is 17.8 Å². The van der Waals surface area contributed by atoms with E-state index in [4.69, 9.17) is 23.2 Å². The van der Waals surface area contributed by atoms with E-state index in [2.05, 4.69) is 5.32 Å². The second kappa shape index (κ2) is 7.61. The molecular formula is C13H19Cl2NOS. The lowest BCUT2D eigenvalue weighted by molar-refractivity contribution is 0.173. The first kappa shape index (κ1) is 16.1. The Bertz CT molecular complexity index is 383. The lowest BCUT2D eigenvalue weighted by Crippen LogP contribution is -2.43. The summed E-state index contributed by atoms with van der Waals surface area (Å²) < 4.78 is 0. The van der Waals surface area contributed by atoms with Crippen molar-refractivity contribution in [2.75, 3.05) is 19.4 Å². The number of halogens is 2. The average Bonchev–Trinajstić information content (AvgIpc) is 2.38. The summed E-state index contributed by atoms with van der Waals surface area (Å²) in [5, 5.41) is 13.9. The summed E-state index contributed by atoms with van der Waals surface area (Å²) in [4.78, 5) is 1.01. The third-order valence-electron chi connectivity index (χ3n) is 2.98. The van der Waals surface area contributed by atoms with Gasteiger partial charge in [0.2, 0.25) is 0 Å². The van der Waals surface area contributed by atoms with Crippen molar-refractivity contribution in [2.45, 2.75) is 30.2 Å². The Hall–Kier alpha value is 0.0700. The van der Waals surface area contributed by atoms with Crippen molar-refractivity contribution < 1.29 is 5.11 Å². The van der Waals surface area contributed by atoms with Gasteiger partial charge >= 0.3 is 0 Å². The quantitative estimate of drug-likeness (QED) is 0.593. The first-order chi connectivity index (χ1) is 8.50. The lowest BCUT2D eigenvalue weighted by Gasteiger charge is -2.26. The molecule has 0 saturated carbocycles. The minimum Gasteiger partial charge on any atom is -0.394 e. The van der Waals surface area contributed by atoms with E-state index >= 15 is 0 Å². The predicted octanol–water partition coefficient (Wildman–Crippen LogP) is 3.84. The topological polar surface area (TPSA) is 32.3 Å². The summed E-state index contributed by atoms with van der Waals surface area (Å²) in [7, 11) is 1.87. The van der Waals surface area contributed by atoms with Gasteiger partial charge in [0.1, 0.15) is 0 Å². The molecule has 0 amide bonds. The van der Waals surface area contributed by atoms with Crippen molar-refractivity contribution >= 4 is 35.0 Å². The Morgan fingerprint density at radius 3 is 2.72 bits per heavy atom. The molecule has 0 aromatic heterocycles. The molecule has 0 bridgehead atoms. The third kappa shape index (κ3) is 4.98. The molecule has 1 unspecified atom stereocenters. The van der Waals surface area contributed by atoms with Crippen LogP contribution in [0, 0.1) is 0 Å². The second-order valence-electron chi connectivity index (χ2n) is 4.50. The molecule has 5 heteroatoms. The molecule has 0 spiro atoms. The highest BCUT2D eigenvalue weighted by Crippen LogP contribution is 2.30. The van der Waals surface area contributed by atoms with E-state index in [0.717, 1.165) is 28.5 Å². The lowest BCUT2D eigenvalue weighted by atomic mass is 9.98. The molecule has 0 radical (unpaired) electrons. The first-order valence-electron chi connectivity index (χ1n) is 5.88. The fraction of sp³-hybridized carbons (Fsp3) is 0.538. The second-order valence-corrected chi connectivity index (χ2v) is 6.48. The molecule has 2 nitrogen and oxygen atoms in total. The number of benzene rings is 1. The Morgan fingerprint density at radius 1 is 1.39 bits per heavy atom. The Morgan fingerprint density at radius 2 is 2.11 bits per heavy atom. The van der Waals surface area contributed by atoms with Gasteiger partial charge in [0, 0.05) is 15.5 Å². The zero-order chi connectivity index (χ0) is 13.6. The molecule has 102 valence electrons. The fourth-order valence-corrected chi connectivity index (χ4v) is 2.96. The van der Waals surface area contributed by atoms with E-state index < -0.39 is 0 Å². The van der Waals surface area contributed by atoms with E-state index in [0.29, 0.717) is 5.02 Å². The molecule has 0 fully saturated rings. The zero-order valence-electron chi connectivity index (χ0n) is 10.7. The first-order valence-corrected chi connectivity index (χ1v) is 7.62. The van der Waals surface area contributed by atoms with Crippen LogP contribution in [0.25, 0.3) is 0 Å². The highest BCUT2D eigenvalue weighted by atomic mass is 35.5. The van der Waals surface area contributed by atoms with Crippen LogP contribution in [-0.2, 0) is 0 Å².